The van der Waals surface area contributed by atoms with Crippen LogP contribution in [-0.4, -0.2) is 22.3 Å². The summed E-state index contributed by atoms with van der Waals surface area (Å²) in [4.78, 5) is 10.4. The first-order valence-electron chi connectivity index (χ1n) is 4.77. The Morgan fingerprint density at radius 3 is 1.77 bits per heavy atom. The molecule has 0 fully saturated rings. The minimum Gasteiger partial charge on any atom is -0.479 e. The molecule has 0 aliphatic rings. The zero-order valence-corrected chi connectivity index (χ0v) is 8.82. The summed E-state index contributed by atoms with van der Waals surface area (Å²) in [5, 5.41) is 17.7. The lowest BCUT2D eigenvalue weighted by Crippen LogP contribution is -2.27. The number of carbonyl (C=O) groups is 1. The molecule has 1 unspecified atom stereocenters. The maximum absolute atomic E-state index is 10.4. The molecule has 13 heavy (non-hydrogen) atoms. The average Bonchev–Trinajstić information content (AvgIpc) is 1.97. The van der Waals surface area contributed by atoms with Gasteiger partial charge in [0.1, 0.15) is 0 Å². The van der Waals surface area contributed by atoms with Crippen LogP contribution in [0.5, 0.6) is 0 Å². The van der Waals surface area contributed by atoms with Gasteiger partial charge in [-0.25, -0.2) is 4.79 Å². The van der Waals surface area contributed by atoms with E-state index in [1.807, 2.05) is 0 Å². The zero-order valence-electron chi connectivity index (χ0n) is 8.82. The molecule has 0 heterocycles. The standard InChI is InChI=1S/C10H20O3/c1-6(2)8(7(3)4)5-9(11)10(12)13/h6-9,11H,5H2,1-4H3,(H,12,13). The topological polar surface area (TPSA) is 57.5 Å². The van der Waals surface area contributed by atoms with Gasteiger partial charge in [0.15, 0.2) is 6.10 Å². The smallest absolute Gasteiger partial charge is 0.332 e. The Bertz CT molecular complexity index is 156. The molecule has 0 aliphatic carbocycles. The number of rotatable bonds is 5. The predicted molar refractivity (Wildman–Crippen MR) is 51.4 cm³/mol. The van der Waals surface area contributed by atoms with E-state index in [0.29, 0.717) is 18.3 Å². The number of carboxylic acid groups (broad SMARTS) is 1. The molecule has 78 valence electrons. The molecule has 0 spiro atoms. The number of aliphatic carboxylic acids is 1. The normalized spacial score (nSPS) is 14.2. The monoisotopic (exact) mass is 188 g/mol. The molecule has 0 bridgehead atoms. The van der Waals surface area contributed by atoms with E-state index in [-0.39, 0.29) is 5.92 Å². The molecule has 2 N–H and O–H groups in total. The molecule has 0 aromatic carbocycles. The second kappa shape index (κ2) is 5.22. The molecular weight excluding hydrogens is 168 g/mol. The summed E-state index contributed by atoms with van der Waals surface area (Å²) in [7, 11) is 0. The van der Waals surface area contributed by atoms with Crippen molar-refractivity contribution in [2.24, 2.45) is 17.8 Å². The Labute approximate surface area is 79.8 Å². The molecule has 0 radical (unpaired) electrons. The van der Waals surface area contributed by atoms with Crippen LogP contribution in [0, 0.1) is 17.8 Å². The van der Waals surface area contributed by atoms with Crippen molar-refractivity contribution in [3.63, 3.8) is 0 Å². The number of aliphatic hydroxyl groups is 1. The second-order valence-electron chi connectivity index (χ2n) is 4.24. The van der Waals surface area contributed by atoms with Crippen molar-refractivity contribution in [1.82, 2.24) is 0 Å². The van der Waals surface area contributed by atoms with E-state index in [1.54, 1.807) is 0 Å². The fourth-order valence-electron chi connectivity index (χ4n) is 1.67. The highest BCUT2D eigenvalue weighted by atomic mass is 16.4. The molecular formula is C10H20O3. The third-order valence-electron chi connectivity index (χ3n) is 2.49. The minimum absolute atomic E-state index is 0.270. The Balaban J connectivity index is 4.18. The summed E-state index contributed by atoms with van der Waals surface area (Å²) in [6.45, 7) is 8.22. The van der Waals surface area contributed by atoms with E-state index in [4.69, 9.17) is 5.11 Å². The third-order valence-corrected chi connectivity index (χ3v) is 2.49. The third kappa shape index (κ3) is 4.27. The maximum atomic E-state index is 10.4. The summed E-state index contributed by atoms with van der Waals surface area (Å²) in [6, 6.07) is 0. The van der Waals surface area contributed by atoms with Crippen LogP contribution < -0.4 is 0 Å². The largest absolute Gasteiger partial charge is 0.479 e. The molecule has 0 rings (SSSR count). The van der Waals surface area contributed by atoms with Crippen LogP contribution >= 0.6 is 0 Å². The predicted octanol–water partition coefficient (Wildman–Crippen LogP) is 1.75. The van der Waals surface area contributed by atoms with Gasteiger partial charge in [-0.05, 0) is 24.2 Å². The highest BCUT2D eigenvalue weighted by Gasteiger charge is 2.24. The molecule has 0 aromatic heterocycles. The van der Waals surface area contributed by atoms with E-state index >= 15 is 0 Å². The number of hydrogen-bond donors (Lipinski definition) is 2. The Hall–Kier alpha value is -0.570. The first-order chi connectivity index (χ1) is 5.86. The lowest BCUT2D eigenvalue weighted by molar-refractivity contribution is -0.147. The minimum atomic E-state index is -1.21. The highest BCUT2D eigenvalue weighted by molar-refractivity contribution is 5.71. The van der Waals surface area contributed by atoms with Crippen molar-refractivity contribution in [3.05, 3.63) is 0 Å². The molecule has 0 saturated heterocycles. The van der Waals surface area contributed by atoms with Crippen molar-refractivity contribution in [2.75, 3.05) is 0 Å². The van der Waals surface area contributed by atoms with Gasteiger partial charge in [-0.3, -0.25) is 0 Å². The lowest BCUT2D eigenvalue weighted by Gasteiger charge is -2.25. The van der Waals surface area contributed by atoms with E-state index in [1.165, 1.54) is 0 Å². The molecule has 0 aromatic rings. The van der Waals surface area contributed by atoms with E-state index in [9.17, 15) is 9.90 Å². The Morgan fingerprint density at radius 2 is 1.54 bits per heavy atom. The first kappa shape index (κ1) is 12.4. The van der Waals surface area contributed by atoms with Crippen LogP contribution in [0.2, 0.25) is 0 Å². The number of aliphatic hydroxyl groups excluding tert-OH is 1. The van der Waals surface area contributed by atoms with Crippen LogP contribution in [0.3, 0.4) is 0 Å². The SMILES string of the molecule is CC(C)C(CC(O)C(=O)O)C(C)C. The van der Waals surface area contributed by atoms with Crippen LogP contribution in [-0.2, 0) is 4.79 Å². The van der Waals surface area contributed by atoms with Gasteiger partial charge in [0.25, 0.3) is 0 Å². The van der Waals surface area contributed by atoms with Gasteiger partial charge in [0, 0.05) is 0 Å². The van der Waals surface area contributed by atoms with Gasteiger partial charge < -0.3 is 10.2 Å². The van der Waals surface area contributed by atoms with Crippen LogP contribution in [0.15, 0.2) is 0 Å². The highest BCUT2D eigenvalue weighted by Crippen LogP contribution is 2.25. The maximum Gasteiger partial charge on any atom is 0.332 e. The lowest BCUT2D eigenvalue weighted by atomic mass is 9.81. The van der Waals surface area contributed by atoms with E-state index in [2.05, 4.69) is 27.7 Å². The fraction of sp³-hybridized carbons (Fsp3) is 0.900. The van der Waals surface area contributed by atoms with Gasteiger partial charge >= 0.3 is 5.97 Å². The summed E-state index contributed by atoms with van der Waals surface area (Å²) >= 11 is 0. The van der Waals surface area contributed by atoms with Gasteiger partial charge in [-0.2, -0.15) is 0 Å². The van der Waals surface area contributed by atoms with Crippen molar-refractivity contribution >= 4 is 5.97 Å². The molecule has 0 amide bonds. The van der Waals surface area contributed by atoms with Crippen LogP contribution in [0.25, 0.3) is 0 Å². The van der Waals surface area contributed by atoms with Gasteiger partial charge in [-0.1, -0.05) is 27.7 Å². The summed E-state index contributed by atoms with van der Waals surface area (Å²) in [5.74, 6) is -0.0274. The summed E-state index contributed by atoms with van der Waals surface area (Å²) in [6.07, 6.45) is -0.861. The van der Waals surface area contributed by atoms with Gasteiger partial charge in [0.05, 0.1) is 0 Å². The first-order valence-corrected chi connectivity index (χ1v) is 4.77. The molecule has 0 saturated carbocycles. The second-order valence-corrected chi connectivity index (χ2v) is 4.24. The molecule has 1 atom stereocenters. The fourth-order valence-corrected chi connectivity index (χ4v) is 1.67. The molecule has 0 aliphatic heterocycles. The van der Waals surface area contributed by atoms with E-state index < -0.39 is 12.1 Å². The van der Waals surface area contributed by atoms with E-state index in [0.717, 1.165) is 0 Å². The van der Waals surface area contributed by atoms with Crippen LogP contribution in [0.1, 0.15) is 34.1 Å². The van der Waals surface area contributed by atoms with Gasteiger partial charge in [-0.15, -0.1) is 0 Å². The van der Waals surface area contributed by atoms with Gasteiger partial charge in [0.2, 0.25) is 0 Å². The van der Waals surface area contributed by atoms with Crippen molar-refractivity contribution in [2.45, 2.75) is 40.2 Å². The summed E-state index contributed by atoms with van der Waals surface area (Å²) in [5.41, 5.74) is 0. The number of carboxylic acids is 1. The Kier molecular flexibility index (Phi) is 4.99. The molecule has 3 heteroatoms. The zero-order chi connectivity index (χ0) is 10.6. The quantitative estimate of drug-likeness (QED) is 0.691. The Morgan fingerprint density at radius 1 is 1.15 bits per heavy atom. The number of hydrogen-bond acceptors (Lipinski definition) is 2. The summed E-state index contributed by atoms with van der Waals surface area (Å²) < 4.78 is 0. The van der Waals surface area contributed by atoms with Crippen molar-refractivity contribution in [3.8, 4) is 0 Å². The van der Waals surface area contributed by atoms with Crippen LogP contribution in [0.4, 0.5) is 0 Å². The van der Waals surface area contributed by atoms with Crippen molar-refractivity contribution in [1.29, 1.82) is 0 Å². The molecule has 3 nitrogen and oxygen atoms in total. The van der Waals surface area contributed by atoms with Crippen molar-refractivity contribution < 1.29 is 15.0 Å². The average molecular weight is 188 g/mol.